The van der Waals surface area contributed by atoms with E-state index in [1.165, 1.54) is 50.5 Å². The molecule has 2 saturated carbocycles. The number of carbonyl (C=O) groups excluding carboxylic acids is 1. The lowest BCUT2D eigenvalue weighted by molar-refractivity contribution is -0.114. The van der Waals surface area contributed by atoms with Crippen molar-refractivity contribution in [2.75, 3.05) is 0 Å². The summed E-state index contributed by atoms with van der Waals surface area (Å²) in [6.07, 6.45) is 16.6. The van der Waals surface area contributed by atoms with Crippen LogP contribution in [0.2, 0.25) is 0 Å². The van der Waals surface area contributed by atoms with Gasteiger partial charge >= 0.3 is 0 Å². The molecule has 4 rings (SSSR count). The van der Waals surface area contributed by atoms with Crippen molar-refractivity contribution in [3.63, 3.8) is 0 Å². The van der Waals surface area contributed by atoms with Crippen molar-refractivity contribution in [3.05, 3.63) is 34.4 Å². The van der Waals surface area contributed by atoms with Gasteiger partial charge in [-0.1, -0.05) is 37.5 Å². The van der Waals surface area contributed by atoms with Crippen LogP contribution in [0.5, 0.6) is 0 Å². The van der Waals surface area contributed by atoms with Crippen molar-refractivity contribution in [2.24, 2.45) is 17.3 Å². The van der Waals surface area contributed by atoms with Crippen LogP contribution in [-0.2, 0) is 4.79 Å². The number of carbonyl (C=O) groups is 1. The topological polar surface area (TPSA) is 17.1 Å². The number of hydrogen-bond donors (Lipinski definition) is 0. The molecule has 4 aliphatic carbocycles. The molecular formula is C22H30O. The van der Waals surface area contributed by atoms with Gasteiger partial charge in [-0.2, -0.15) is 0 Å². The molecule has 0 heterocycles. The first-order valence-electron chi connectivity index (χ1n) is 9.78. The maximum absolute atomic E-state index is 11.7. The molecule has 4 aliphatic rings. The van der Waals surface area contributed by atoms with Crippen LogP contribution in [-0.4, -0.2) is 5.78 Å². The zero-order valence-corrected chi connectivity index (χ0v) is 14.8. The average molecular weight is 310 g/mol. The van der Waals surface area contributed by atoms with Crippen LogP contribution < -0.4 is 0 Å². The summed E-state index contributed by atoms with van der Waals surface area (Å²) in [4.78, 5) is 11.7. The van der Waals surface area contributed by atoms with Crippen molar-refractivity contribution in [3.8, 4) is 0 Å². The van der Waals surface area contributed by atoms with Crippen LogP contribution in [0.4, 0.5) is 0 Å². The molecule has 2 fully saturated rings. The predicted molar refractivity (Wildman–Crippen MR) is 95.1 cm³/mol. The first-order chi connectivity index (χ1) is 11.1. The van der Waals surface area contributed by atoms with Crippen LogP contribution in [0.25, 0.3) is 0 Å². The Hall–Kier alpha value is -1.11. The number of hydrogen-bond acceptors (Lipinski definition) is 1. The van der Waals surface area contributed by atoms with Crippen molar-refractivity contribution >= 4 is 5.78 Å². The van der Waals surface area contributed by atoms with Crippen molar-refractivity contribution in [1.29, 1.82) is 0 Å². The van der Waals surface area contributed by atoms with Gasteiger partial charge in [-0.25, -0.2) is 0 Å². The highest BCUT2D eigenvalue weighted by molar-refractivity contribution is 5.93. The molecule has 0 bridgehead atoms. The van der Waals surface area contributed by atoms with Gasteiger partial charge in [0.2, 0.25) is 0 Å². The van der Waals surface area contributed by atoms with Gasteiger partial charge in [0.1, 0.15) is 0 Å². The number of ketones is 1. The fourth-order valence-electron chi connectivity index (χ4n) is 6.03. The zero-order chi connectivity index (χ0) is 16.0. The van der Waals surface area contributed by atoms with Crippen LogP contribution >= 0.6 is 0 Å². The highest BCUT2D eigenvalue weighted by Gasteiger charge is 2.50. The van der Waals surface area contributed by atoms with Crippen LogP contribution in [0.1, 0.15) is 78.1 Å². The molecule has 1 heteroatoms. The first-order valence-corrected chi connectivity index (χ1v) is 9.78. The van der Waals surface area contributed by atoms with Gasteiger partial charge in [0.15, 0.2) is 5.78 Å². The van der Waals surface area contributed by atoms with E-state index in [0.717, 1.165) is 31.1 Å². The lowest BCUT2D eigenvalue weighted by Gasteiger charge is -2.47. The molecule has 0 aromatic carbocycles. The van der Waals surface area contributed by atoms with Gasteiger partial charge in [0, 0.05) is 6.42 Å². The molecule has 23 heavy (non-hydrogen) atoms. The highest BCUT2D eigenvalue weighted by Crippen LogP contribution is 2.62. The molecule has 3 atom stereocenters. The van der Waals surface area contributed by atoms with E-state index in [2.05, 4.69) is 19.9 Å². The fourth-order valence-corrected chi connectivity index (χ4v) is 6.03. The second kappa shape index (κ2) is 5.76. The lowest BCUT2D eigenvalue weighted by atomic mass is 9.57. The van der Waals surface area contributed by atoms with Crippen LogP contribution in [0, 0.1) is 17.3 Å². The molecule has 0 aromatic rings. The first kappa shape index (κ1) is 15.4. The monoisotopic (exact) mass is 310 g/mol. The third-order valence-corrected chi connectivity index (χ3v) is 7.26. The van der Waals surface area contributed by atoms with E-state index in [1.807, 2.05) is 6.08 Å². The summed E-state index contributed by atoms with van der Waals surface area (Å²) in [5.74, 6) is 2.02. The summed E-state index contributed by atoms with van der Waals surface area (Å²) in [7, 11) is 0. The van der Waals surface area contributed by atoms with E-state index < -0.39 is 0 Å². The average Bonchev–Trinajstić information content (AvgIpc) is 2.89. The number of fused-ring (bicyclic) bond motifs is 4. The van der Waals surface area contributed by atoms with Gasteiger partial charge in [-0.3, -0.25) is 4.79 Å². The third-order valence-electron chi connectivity index (χ3n) is 7.26. The SMILES string of the molecule is CCC/C=C1/CCC2C3CCC4=CC(=O)CCC4=C3CC[C@]12C. The lowest BCUT2D eigenvalue weighted by Crippen LogP contribution is -2.37. The van der Waals surface area contributed by atoms with E-state index in [4.69, 9.17) is 0 Å². The minimum atomic E-state index is 0.356. The normalized spacial score (nSPS) is 38.3. The van der Waals surface area contributed by atoms with Crippen molar-refractivity contribution in [2.45, 2.75) is 78.1 Å². The zero-order valence-electron chi connectivity index (χ0n) is 14.8. The number of rotatable bonds is 2. The van der Waals surface area contributed by atoms with Crippen molar-refractivity contribution < 1.29 is 4.79 Å². The van der Waals surface area contributed by atoms with E-state index in [0.29, 0.717) is 11.2 Å². The quantitative estimate of drug-likeness (QED) is 0.579. The molecule has 0 spiro atoms. The summed E-state index contributed by atoms with van der Waals surface area (Å²) in [6.45, 7) is 4.85. The van der Waals surface area contributed by atoms with Crippen molar-refractivity contribution in [1.82, 2.24) is 0 Å². The predicted octanol–water partition coefficient (Wildman–Crippen LogP) is 5.92. The maximum Gasteiger partial charge on any atom is 0.156 e. The second-order valence-corrected chi connectivity index (χ2v) is 8.37. The third kappa shape index (κ3) is 2.39. The van der Waals surface area contributed by atoms with Gasteiger partial charge in [-0.05, 0) is 85.8 Å². The smallest absolute Gasteiger partial charge is 0.156 e. The largest absolute Gasteiger partial charge is 0.295 e. The molecule has 0 saturated heterocycles. The molecule has 124 valence electrons. The Morgan fingerprint density at radius 2 is 2.04 bits per heavy atom. The Labute approximate surface area is 140 Å². The van der Waals surface area contributed by atoms with Crippen LogP contribution in [0.15, 0.2) is 34.4 Å². The minimum absolute atomic E-state index is 0.356. The molecule has 0 N–H and O–H groups in total. The van der Waals surface area contributed by atoms with E-state index >= 15 is 0 Å². The fraction of sp³-hybridized carbons (Fsp3) is 0.682. The van der Waals surface area contributed by atoms with E-state index in [-0.39, 0.29) is 0 Å². The van der Waals surface area contributed by atoms with Gasteiger partial charge in [0.05, 0.1) is 0 Å². The Bertz CT molecular complexity index is 618. The Balaban J connectivity index is 1.67. The maximum atomic E-state index is 11.7. The minimum Gasteiger partial charge on any atom is -0.295 e. The number of allylic oxidation sites excluding steroid dienone is 6. The highest BCUT2D eigenvalue weighted by atomic mass is 16.1. The molecule has 2 unspecified atom stereocenters. The molecule has 0 aliphatic heterocycles. The summed E-state index contributed by atoms with van der Waals surface area (Å²) in [5.41, 5.74) is 7.00. The second-order valence-electron chi connectivity index (χ2n) is 8.37. The van der Waals surface area contributed by atoms with E-state index in [9.17, 15) is 4.79 Å². The standard InChI is InChI=1S/C22H30O/c1-3-4-5-16-7-11-21-20-9-6-15-14-17(23)8-10-18(15)19(20)12-13-22(16,21)2/h5,14,20-21H,3-4,6-13H2,1-2H3/b16-5-/t20?,21?,22-/m1/s1. The van der Waals surface area contributed by atoms with Gasteiger partial charge in [0.25, 0.3) is 0 Å². The summed E-state index contributed by atoms with van der Waals surface area (Å²) in [6, 6.07) is 0. The van der Waals surface area contributed by atoms with Crippen LogP contribution in [0.3, 0.4) is 0 Å². The summed E-state index contributed by atoms with van der Waals surface area (Å²) >= 11 is 0. The summed E-state index contributed by atoms with van der Waals surface area (Å²) in [5, 5.41) is 0. The van der Waals surface area contributed by atoms with Gasteiger partial charge in [-0.15, -0.1) is 0 Å². The molecular weight excluding hydrogens is 280 g/mol. The molecule has 0 radical (unpaired) electrons. The van der Waals surface area contributed by atoms with E-state index in [1.54, 1.807) is 16.7 Å². The molecule has 1 nitrogen and oxygen atoms in total. The molecule has 0 amide bonds. The Kier molecular flexibility index (Phi) is 3.86. The van der Waals surface area contributed by atoms with Gasteiger partial charge < -0.3 is 0 Å². The summed E-state index contributed by atoms with van der Waals surface area (Å²) < 4.78 is 0. The number of unbranched alkanes of at least 4 members (excludes halogenated alkanes) is 1. The Morgan fingerprint density at radius 3 is 2.87 bits per heavy atom. The molecule has 0 aromatic heterocycles. The Morgan fingerprint density at radius 1 is 1.17 bits per heavy atom.